The molecule has 0 heterocycles. The van der Waals surface area contributed by atoms with Gasteiger partial charge in [0.15, 0.2) is 0 Å². The summed E-state index contributed by atoms with van der Waals surface area (Å²) in [4.78, 5) is 0. The molecule has 2 rings (SSSR count). The molecule has 0 aliphatic carbocycles. The van der Waals surface area contributed by atoms with Crippen LogP contribution >= 0.6 is 0 Å². The maximum absolute atomic E-state index is 12.1. The quantitative estimate of drug-likeness (QED) is 0.512. The molecule has 1 unspecified atom stereocenters. The summed E-state index contributed by atoms with van der Waals surface area (Å²) >= 11 is 0. The maximum atomic E-state index is 12.1. The van der Waals surface area contributed by atoms with Crippen molar-refractivity contribution in [2.75, 3.05) is 0 Å². The SMILES string of the molecule is CCC(C[C-]=C(F)F)Cc1cccc2ccccc12.[Cu+]. The summed E-state index contributed by atoms with van der Waals surface area (Å²) in [7, 11) is 0. The minimum Gasteiger partial charge on any atom is -0.427 e. The Morgan fingerprint density at radius 2 is 1.80 bits per heavy atom. The molecule has 20 heavy (non-hydrogen) atoms. The van der Waals surface area contributed by atoms with Crippen LogP contribution in [-0.4, -0.2) is 0 Å². The maximum Gasteiger partial charge on any atom is 1.00 e. The van der Waals surface area contributed by atoms with Crippen molar-refractivity contribution in [3.05, 3.63) is 60.2 Å². The van der Waals surface area contributed by atoms with Crippen LogP contribution in [0.2, 0.25) is 0 Å². The molecule has 0 aliphatic rings. The topological polar surface area (TPSA) is 0 Å². The Balaban J connectivity index is 0.00000200. The van der Waals surface area contributed by atoms with Crippen LogP contribution in [0, 0.1) is 12.0 Å². The van der Waals surface area contributed by atoms with Gasteiger partial charge in [0.2, 0.25) is 0 Å². The number of halogens is 2. The molecule has 2 aromatic carbocycles. The second kappa shape index (κ2) is 8.18. The minimum absolute atomic E-state index is 0. The Labute approximate surface area is 129 Å². The van der Waals surface area contributed by atoms with Gasteiger partial charge in [-0.1, -0.05) is 61.7 Å². The van der Waals surface area contributed by atoms with Crippen molar-refractivity contribution < 1.29 is 25.8 Å². The average Bonchev–Trinajstić information content (AvgIpc) is 2.43. The van der Waals surface area contributed by atoms with Gasteiger partial charge >= 0.3 is 17.1 Å². The van der Waals surface area contributed by atoms with E-state index in [0.29, 0.717) is 6.42 Å². The molecule has 3 heteroatoms. The van der Waals surface area contributed by atoms with E-state index in [0.717, 1.165) is 12.8 Å². The van der Waals surface area contributed by atoms with Crippen molar-refractivity contribution in [1.82, 2.24) is 0 Å². The first kappa shape index (κ1) is 16.9. The van der Waals surface area contributed by atoms with Crippen LogP contribution in [0.3, 0.4) is 0 Å². The molecule has 0 spiro atoms. The summed E-state index contributed by atoms with van der Waals surface area (Å²) < 4.78 is 24.3. The Hall–Kier alpha value is -1.18. The van der Waals surface area contributed by atoms with Gasteiger partial charge < -0.3 is 6.08 Å². The average molecular weight is 323 g/mol. The second-order valence-corrected chi connectivity index (χ2v) is 4.76. The Kier molecular flexibility index (Phi) is 6.90. The van der Waals surface area contributed by atoms with Crippen LogP contribution in [0.5, 0.6) is 0 Å². The molecule has 1 atom stereocenters. The number of hydrogen-bond donors (Lipinski definition) is 0. The molecular formula is C17H17CuF2. The van der Waals surface area contributed by atoms with Crippen LogP contribution in [0.25, 0.3) is 10.8 Å². The Morgan fingerprint density at radius 3 is 2.50 bits per heavy atom. The van der Waals surface area contributed by atoms with E-state index >= 15 is 0 Å². The van der Waals surface area contributed by atoms with Gasteiger partial charge in [-0.2, -0.15) is 6.42 Å². The number of allylic oxidation sites excluding steroid dienone is 1. The molecule has 0 amide bonds. The van der Waals surface area contributed by atoms with Crippen LogP contribution in [0.4, 0.5) is 8.78 Å². The van der Waals surface area contributed by atoms with Crippen molar-refractivity contribution in [1.29, 1.82) is 0 Å². The molecule has 0 bridgehead atoms. The fraction of sp³-hybridized carbons (Fsp3) is 0.294. The number of benzene rings is 2. The minimum atomic E-state index is -1.70. The third-order valence-electron chi connectivity index (χ3n) is 3.49. The molecule has 110 valence electrons. The summed E-state index contributed by atoms with van der Waals surface area (Å²) in [6.07, 6.45) is 2.47. The van der Waals surface area contributed by atoms with Crippen LogP contribution in [0.15, 0.2) is 48.5 Å². The van der Waals surface area contributed by atoms with E-state index in [9.17, 15) is 8.78 Å². The monoisotopic (exact) mass is 322 g/mol. The van der Waals surface area contributed by atoms with Gasteiger partial charge in [-0.05, 0) is 22.8 Å². The number of fused-ring (bicyclic) bond motifs is 1. The van der Waals surface area contributed by atoms with E-state index in [4.69, 9.17) is 0 Å². The first-order valence-electron chi connectivity index (χ1n) is 6.59. The molecule has 0 saturated heterocycles. The van der Waals surface area contributed by atoms with E-state index in [-0.39, 0.29) is 23.0 Å². The van der Waals surface area contributed by atoms with Crippen molar-refractivity contribution >= 4 is 10.8 Å². The number of hydrogen-bond acceptors (Lipinski definition) is 0. The van der Waals surface area contributed by atoms with E-state index in [1.807, 2.05) is 25.1 Å². The second-order valence-electron chi connectivity index (χ2n) is 4.76. The molecule has 0 aromatic heterocycles. The third-order valence-corrected chi connectivity index (χ3v) is 3.49. The van der Waals surface area contributed by atoms with Gasteiger partial charge in [0.25, 0.3) is 0 Å². The molecule has 0 fully saturated rings. The summed E-state index contributed by atoms with van der Waals surface area (Å²) in [5, 5.41) is 2.42. The molecule has 2 aromatic rings. The molecule has 0 nitrogen and oxygen atoms in total. The number of rotatable bonds is 5. The van der Waals surface area contributed by atoms with Crippen molar-refractivity contribution in [2.45, 2.75) is 26.2 Å². The van der Waals surface area contributed by atoms with E-state index in [2.05, 4.69) is 30.3 Å². The largest absolute Gasteiger partial charge is 1.00 e. The first-order chi connectivity index (χ1) is 9.20. The zero-order valence-electron chi connectivity index (χ0n) is 11.3. The van der Waals surface area contributed by atoms with Gasteiger partial charge in [-0.15, -0.1) is 0 Å². The normalized spacial score (nSPS) is 11.8. The first-order valence-corrected chi connectivity index (χ1v) is 6.59. The van der Waals surface area contributed by atoms with Crippen LogP contribution in [0.1, 0.15) is 25.3 Å². The van der Waals surface area contributed by atoms with Crippen molar-refractivity contribution in [3.8, 4) is 0 Å². The fourth-order valence-corrected chi connectivity index (χ4v) is 2.36. The zero-order valence-corrected chi connectivity index (χ0v) is 12.2. The molecular weight excluding hydrogens is 306 g/mol. The van der Waals surface area contributed by atoms with E-state index in [1.54, 1.807) is 0 Å². The van der Waals surface area contributed by atoms with Gasteiger partial charge in [0.05, 0.1) is 6.08 Å². The van der Waals surface area contributed by atoms with Crippen LogP contribution in [-0.2, 0) is 23.5 Å². The zero-order chi connectivity index (χ0) is 13.7. The molecule has 0 aliphatic heterocycles. The summed E-state index contributed by atoms with van der Waals surface area (Å²) in [5.41, 5.74) is 1.23. The van der Waals surface area contributed by atoms with Crippen molar-refractivity contribution in [3.63, 3.8) is 0 Å². The summed E-state index contributed by atoms with van der Waals surface area (Å²) in [6, 6.07) is 14.4. The predicted molar refractivity (Wildman–Crippen MR) is 75.0 cm³/mol. The third kappa shape index (κ3) is 4.43. The standard InChI is InChI=1S/C17H17F2.Cu/c1-2-13(10-11-17(18)19)12-15-8-5-7-14-6-3-4-9-16(14)15;/h3-9,13H,2,10,12H2,1H3;/q-1;+1. The van der Waals surface area contributed by atoms with Gasteiger partial charge in [-0.3, -0.25) is 0 Å². The summed E-state index contributed by atoms with van der Waals surface area (Å²) in [5.74, 6) is 0.215. The van der Waals surface area contributed by atoms with Gasteiger partial charge in [0.1, 0.15) is 0 Å². The summed E-state index contributed by atoms with van der Waals surface area (Å²) in [6.45, 7) is 2.04. The molecule has 0 saturated carbocycles. The Bertz CT molecular complexity index is 569. The smallest absolute Gasteiger partial charge is 0.427 e. The van der Waals surface area contributed by atoms with Gasteiger partial charge in [-0.25, -0.2) is 8.78 Å². The fourth-order valence-electron chi connectivity index (χ4n) is 2.36. The molecule has 0 N–H and O–H groups in total. The van der Waals surface area contributed by atoms with Crippen molar-refractivity contribution in [2.24, 2.45) is 5.92 Å². The van der Waals surface area contributed by atoms with Gasteiger partial charge in [0, 0.05) is 0 Å². The van der Waals surface area contributed by atoms with Crippen LogP contribution < -0.4 is 0 Å². The van der Waals surface area contributed by atoms with E-state index < -0.39 is 6.08 Å². The molecule has 0 radical (unpaired) electrons. The Morgan fingerprint density at radius 1 is 1.10 bits per heavy atom. The predicted octanol–water partition coefficient (Wildman–Crippen LogP) is 5.38. The van der Waals surface area contributed by atoms with E-state index in [1.165, 1.54) is 16.3 Å².